The first kappa shape index (κ1) is 14.5. The standard InChI is InChI=1S/C18H12ClN3O2/c19-12-6-1-2-7-13(12)21-18(23)11-5-3-8-14-16(11)22-17(20-14)15-9-4-10-24-15/h1-10H,(H,20,22)(H,21,23). The van der Waals surface area contributed by atoms with Crippen molar-refractivity contribution in [2.45, 2.75) is 0 Å². The summed E-state index contributed by atoms with van der Waals surface area (Å²) in [6, 6.07) is 16.1. The summed E-state index contributed by atoms with van der Waals surface area (Å²) in [4.78, 5) is 20.3. The number of aromatic nitrogens is 2. The van der Waals surface area contributed by atoms with E-state index >= 15 is 0 Å². The van der Waals surface area contributed by atoms with E-state index in [1.807, 2.05) is 18.2 Å². The second-order valence-corrected chi connectivity index (χ2v) is 5.61. The number of aromatic amines is 1. The number of amides is 1. The van der Waals surface area contributed by atoms with Crippen LogP contribution in [-0.2, 0) is 0 Å². The van der Waals surface area contributed by atoms with Crippen LogP contribution in [0.25, 0.3) is 22.6 Å². The van der Waals surface area contributed by atoms with Crippen molar-refractivity contribution in [3.8, 4) is 11.6 Å². The zero-order valence-electron chi connectivity index (χ0n) is 12.4. The van der Waals surface area contributed by atoms with Gasteiger partial charge in [0.15, 0.2) is 11.6 Å². The van der Waals surface area contributed by atoms with Gasteiger partial charge in [0.25, 0.3) is 5.91 Å². The largest absolute Gasteiger partial charge is 0.461 e. The van der Waals surface area contributed by atoms with Crippen LogP contribution >= 0.6 is 11.6 Å². The molecule has 6 heteroatoms. The van der Waals surface area contributed by atoms with Gasteiger partial charge in [0, 0.05) is 0 Å². The van der Waals surface area contributed by atoms with Crippen LogP contribution in [0.4, 0.5) is 5.69 Å². The van der Waals surface area contributed by atoms with Gasteiger partial charge in [-0.2, -0.15) is 0 Å². The molecular formula is C18H12ClN3O2. The van der Waals surface area contributed by atoms with E-state index in [9.17, 15) is 4.79 Å². The Morgan fingerprint density at radius 1 is 1.08 bits per heavy atom. The third-order valence-electron chi connectivity index (χ3n) is 3.63. The zero-order chi connectivity index (χ0) is 16.5. The number of hydrogen-bond donors (Lipinski definition) is 2. The highest BCUT2D eigenvalue weighted by Gasteiger charge is 2.16. The summed E-state index contributed by atoms with van der Waals surface area (Å²) < 4.78 is 5.35. The summed E-state index contributed by atoms with van der Waals surface area (Å²) in [6.45, 7) is 0. The van der Waals surface area contributed by atoms with Crippen LogP contribution in [0.2, 0.25) is 5.02 Å². The molecule has 0 aliphatic rings. The van der Waals surface area contributed by atoms with Crippen LogP contribution in [0.1, 0.15) is 10.4 Å². The van der Waals surface area contributed by atoms with Gasteiger partial charge in [-0.3, -0.25) is 4.79 Å². The molecule has 0 atom stereocenters. The summed E-state index contributed by atoms with van der Waals surface area (Å²) in [7, 11) is 0. The SMILES string of the molecule is O=C(Nc1ccccc1Cl)c1cccc2[nH]c(-c3ccco3)nc12. The summed E-state index contributed by atoms with van der Waals surface area (Å²) in [5.74, 6) is 0.919. The van der Waals surface area contributed by atoms with Crippen molar-refractivity contribution in [1.82, 2.24) is 9.97 Å². The van der Waals surface area contributed by atoms with Crippen LogP contribution in [0.15, 0.2) is 65.3 Å². The van der Waals surface area contributed by atoms with Gasteiger partial charge in [-0.1, -0.05) is 29.8 Å². The smallest absolute Gasteiger partial charge is 0.257 e. The molecule has 0 saturated carbocycles. The lowest BCUT2D eigenvalue weighted by Gasteiger charge is -2.07. The fourth-order valence-electron chi connectivity index (χ4n) is 2.50. The Labute approximate surface area is 142 Å². The van der Waals surface area contributed by atoms with Crippen molar-refractivity contribution in [1.29, 1.82) is 0 Å². The number of H-pyrrole nitrogens is 1. The van der Waals surface area contributed by atoms with Crippen molar-refractivity contribution < 1.29 is 9.21 Å². The van der Waals surface area contributed by atoms with Gasteiger partial charge in [-0.15, -0.1) is 0 Å². The van der Waals surface area contributed by atoms with Gasteiger partial charge < -0.3 is 14.7 Å². The highest BCUT2D eigenvalue weighted by Crippen LogP contribution is 2.25. The van der Waals surface area contributed by atoms with Crippen LogP contribution in [0, 0.1) is 0 Å². The molecule has 0 radical (unpaired) electrons. The van der Waals surface area contributed by atoms with Gasteiger partial charge in [0.1, 0.15) is 5.52 Å². The molecule has 5 nitrogen and oxygen atoms in total. The summed E-state index contributed by atoms with van der Waals surface area (Å²) in [5.41, 5.74) is 2.35. The first-order chi connectivity index (χ1) is 11.7. The highest BCUT2D eigenvalue weighted by molar-refractivity contribution is 6.34. The fourth-order valence-corrected chi connectivity index (χ4v) is 2.68. The minimum absolute atomic E-state index is 0.272. The molecule has 24 heavy (non-hydrogen) atoms. The summed E-state index contributed by atoms with van der Waals surface area (Å²) in [6.07, 6.45) is 1.58. The lowest BCUT2D eigenvalue weighted by atomic mass is 10.1. The Hall–Kier alpha value is -3.05. The monoisotopic (exact) mass is 337 g/mol. The third kappa shape index (κ3) is 2.55. The van der Waals surface area contributed by atoms with E-state index in [-0.39, 0.29) is 5.91 Å². The summed E-state index contributed by atoms with van der Waals surface area (Å²) >= 11 is 6.10. The molecule has 0 bridgehead atoms. The molecule has 0 unspecified atom stereocenters. The van der Waals surface area contributed by atoms with Crippen molar-refractivity contribution in [2.24, 2.45) is 0 Å². The van der Waals surface area contributed by atoms with E-state index < -0.39 is 0 Å². The topological polar surface area (TPSA) is 70.9 Å². The molecule has 0 saturated heterocycles. The van der Waals surface area contributed by atoms with E-state index in [4.69, 9.17) is 16.0 Å². The molecule has 2 heterocycles. The maximum absolute atomic E-state index is 12.6. The molecule has 118 valence electrons. The van der Waals surface area contributed by atoms with Gasteiger partial charge >= 0.3 is 0 Å². The van der Waals surface area contributed by atoms with E-state index in [2.05, 4.69) is 15.3 Å². The molecular weight excluding hydrogens is 326 g/mol. The number of rotatable bonds is 3. The number of carbonyl (C=O) groups is 1. The Bertz CT molecular complexity index is 1020. The highest BCUT2D eigenvalue weighted by atomic mass is 35.5. The average molecular weight is 338 g/mol. The Kier molecular flexibility index (Phi) is 3.55. The Morgan fingerprint density at radius 3 is 2.75 bits per heavy atom. The molecule has 1 amide bonds. The molecule has 0 fully saturated rings. The first-order valence-corrected chi connectivity index (χ1v) is 7.68. The number of halogens is 1. The normalized spacial score (nSPS) is 10.9. The van der Waals surface area contributed by atoms with E-state index in [0.717, 1.165) is 5.52 Å². The average Bonchev–Trinajstić information content (AvgIpc) is 3.25. The number of anilines is 1. The maximum Gasteiger partial charge on any atom is 0.257 e. The minimum atomic E-state index is -0.272. The van der Waals surface area contributed by atoms with Gasteiger partial charge in [0.05, 0.1) is 28.1 Å². The number of para-hydroxylation sites is 2. The molecule has 4 rings (SSSR count). The number of imidazole rings is 1. The Morgan fingerprint density at radius 2 is 1.96 bits per heavy atom. The van der Waals surface area contributed by atoms with E-state index in [1.165, 1.54) is 0 Å². The van der Waals surface area contributed by atoms with Crippen LogP contribution in [-0.4, -0.2) is 15.9 Å². The number of nitrogens with zero attached hydrogens (tertiary/aromatic N) is 1. The summed E-state index contributed by atoms with van der Waals surface area (Å²) in [5, 5.41) is 3.30. The maximum atomic E-state index is 12.6. The lowest BCUT2D eigenvalue weighted by Crippen LogP contribution is -2.12. The number of nitrogens with one attached hydrogen (secondary N) is 2. The zero-order valence-corrected chi connectivity index (χ0v) is 13.2. The van der Waals surface area contributed by atoms with Crippen LogP contribution in [0.5, 0.6) is 0 Å². The predicted molar refractivity (Wildman–Crippen MR) is 93.2 cm³/mol. The quantitative estimate of drug-likeness (QED) is 0.567. The number of fused-ring (bicyclic) bond motifs is 1. The predicted octanol–water partition coefficient (Wildman–Crippen LogP) is 4.73. The first-order valence-electron chi connectivity index (χ1n) is 7.31. The second kappa shape index (κ2) is 5.86. The van der Waals surface area contributed by atoms with Crippen molar-refractivity contribution in [2.75, 3.05) is 5.32 Å². The third-order valence-corrected chi connectivity index (χ3v) is 3.96. The van der Waals surface area contributed by atoms with Crippen LogP contribution < -0.4 is 5.32 Å². The fraction of sp³-hybridized carbons (Fsp3) is 0. The Balaban J connectivity index is 1.74. The van der Waals surface area contributed by atoms with Gasteiger partial charge in [0.2, 0.25) is 0 Å². The molecule has 2 aromatic heterocycles. The van der Waals surface area contributed by atoms with Crippen molar-refractivity contribution in [3.63, 3.8) is 0 Å². The van der Waals surface area contributed by atoms with Crippen LogP contribution in [0.3, 0.4) is 0 Å². The van der Waals surface area contributed by atoms with Crippen molar-refractivity contribution >= 4 is 34.2 Å². The number of carbonyl (C=O) groups excluding carboxylic acids is 1. The van der Waals surface area contributed by atoms with Gasteiger partial charge in [-0.25, -0.2) is 4.98 Å². The van der Waals surface area contributed by atoms with Gasteiger partial charge in [-0.05, 0) is 36.4 Å². The number of furan rings is 1. The molecule has 0 aliphatic carbocycles. The second-order valence-electron chi connectivity index (χ2n) is 5.20. The minimum Gasteiger partial charge on any atom is -0.461 e. The molecule has 2 N–H and O–H groups in total. The molecule has 0 aliphatic heterocycles. The number of benzene rings is 2. The van der Waals surface area contributed by atoms with E-state index in [1.54, 1.807) is 42.7 Å². The number of hydrogen-bond acceptors (Lipinski definition) is 3. The molecule has 2 aromatic carbocycles. The molecule has 4 aromatic rings. The lowest BCUT2D eigenvalue weighted by molar-refractivity contribution is 0.102. The molecule has 0 spiro atoms. The van der Waals surface area contributed by atoms with Crippen molar-refractivity contribution in [3.05, 3.63) is 71.4 Å². The van der Waals surface area contributed by atoms with E-state index in [0.29, 0.717) is 33.4 Å².